The maximum atomic E-state index is 10.4. The molecule has 1 aromatic heterocycles. The number of thiophene rings is 1. The lowest BCUT2D eigenvalue weighted by Crippen LogP contribution is -2.27. The molecule has 0 aromatic carbocycles. The van der Waals surface area contributed by atoms with Crippen LogP contribution in [0.2, 0.25) is 0 Å². The summed E-state index contributed by atoms with van der Waals surface area (Å²) in [7, 11) is 0. The smallest absolute Gasteiger partial charge is 0.0990 e. The van der Waals surface area contributed by atoms with Gasteiger partial charge in [0.15, 0.2) is 0 Å². The van der Waals surface area contributed by atoms with Crippen LogP contribution in [0.15, 0.2) is 11.4 Å². The van der Waals surface area contributed by atoms with E-state index < -0.39 is 5.60 Å². The van der Waals surface area contributed by atoms with Crippen molar-refractivity contribution < 1.29 is 5.11 Å². The van der Waals surface area contributed by atoms with E-state index in [0.717, 1.165) is 12.8 Å². The minimum atomic E-state index is -0.490. The lowest BCUT2D eigenvalue weighted by molar-refractivity contribution is 0.00233. The summed E-state index contributed by atoms with van der Waals surface area (Å²) in [5.74, 6) is 0. The second-order valence-corrected chi connectivity index (χ2v) is 4.94. The third-order valence-corrected chi connectivity index (χ3v) is 4.18. The highest BCUT2D eigenvalue weighted by Gasteiger charge is 2.33. The van der Waals surface area contributed by atoms with Crippen molar-refractivity contribution in [3.05, 3.63) is 21.9 Å². The Hall–Kier alpha value is -0.340. The zero-order valence-electron chi connectivity index (χ0n) is 8.05. The van der Waals surface area contributed by atoms with Crippen LogP contribution in [-0.4, -0.2) is 5.11 Å². The second-order valence-electron chi connectivity index (χ2n) is 4.02. The zero-order chi connectivity index (χ0) is 9.31. The molecule has 0 unspecified atom stereocenters. The Labute approximate surface area is 83.4 Å². The molecule has 1 fully saturated rings. The van der Waals surface area contributed by atoms with E-state index in [0.29, 0.717) is 0 Å². The lowest BCUT2D eigenvalue weighted by atomic mass is 9.83. The Balaban J connectivity index is 2.27. The third kappa shape index (κ3) is 1.65. The Bertz CT molecular complexity index is 284. The molecule has 0 spiro atoms. The van der Waals surface area contributed by atoms with Gasteiger partial charge in [-0.3, -0.25) is 0 Å². The van der Waals surface area contributed by atoms with Gasteiger partial charge in [0.05, 0.1) is 5.60 Å². The first-order valence-corrected chi connectivity index (χ1v) is 5.87. The number of hydrogen-bond acceptors (Lipinski definition) is 2. The van der Waals surface area contributed by atoms with Crippen molar-refractivity contribution in [2.24, 2.45) is 0 Å². The monoisotopic (exact) mass is 196 g/mol. The van der Waals surface area contributed by atoms with Crippen molar-refractivity contribution in [2.45, 2.75) is 44.6 Å². The summed E-state index contributed by atoms with van der Waals surface area (Å²) in [6.45, 7) is 2.10. The highest BCUT2D eigenvalue weighted by molar-refractivity contribution is 7.10. The first-order valence-electron chi connectivity index (χ1n) is 4.99. The van der Waals surface area contributed by atoms with E-state index in [1.807, 2.05) is 0 Å². The molecule has 0 amide bonds. The largest absolute Gasteiger partial charge is 0.384 e. The van der Waals surface area contributed by atoms with Crippen molar-refractivity contribution in [2.75, 3.05) is 0 Å². The molecule has 2 heteroatoms. The van der Waals surface area contributed by atoms with Crippen molar-refractivity contribution in [1.29, 1.82) is 0 Å². The third-order valence-electron chi connectivity index (χ3n) is 2.97. The van der Waals surface area contributed by atoms with Gasteiger partial charge in [0.1, 0.15) is 0 Å². The van der Waals surface area contributed by atoms with Gasteiger partial charge in [-0.05, 0) is 36.8 Å². The number of hydrogen-bond donors (Lipinski definition) is 1. The van der Waals surface area contributed by atoms with Gasteiger partial charge in [-0.1, -0.05) is 19.3 Å². The van der Waals surface area contributed by atoms with E-state index in [1.165, 1.54) is 29.7 Å². The van der Waals surface area contributed by atoms with Gasteiger partial charge in [0, 0.05) is 4.88 Å². The summed E-state index contributed by atoms with van der Waals surface area (Å²) in [5.41, 5.74) is 0.769. The lowest BCUT2D eigenvalue weighted by Gasteiger charge is -2.31. The Kier molecular flexibility index (Phi) is 2.43. The Morgan fingerprint density at radius 1 is 1.31 bits per heavy atom. The Morgan fingerprint density at radius 3 is 2.54 bits per heavy atom. The van der Waals surface area contributed by atoms with Crippen LogP contribution in [0.5, 0.6) is 0 Å². The molecule has 1 aliphatic carbocycles. The molecule has 0 aliphatic heterocycles. The SMILES string of the molecule is Cc1ccsc1C1(O)CCCCC1. The fourth-order valence-corrected chi connectivity index (χ4v) is 3.30. The summed E-state index contributed by atoms with van der Waals surface area (Å²) in [6.07, 6.45) is 5.54. The van der Waals surface area contributed by atoms with Gasteiger partial charge in [0.25, 0.3) is 0 Å². The molecule has 1 heterocycles. The van der Waals surface area contributed by atoms with Crippen LogP contribution in [0.25, 0.3) is 0 Å². The quantitative estimate of drug-likeness (QED) is 0.731. The summed E-state index contributed by atoms with van der Waals surface area (Å²) in [5, 5.41) is 12.5. The normalized spacial score (nSPS) is 21.7. The van der Waals surface area contributed by atoms with Crippen LogP contribution in [0, 0.1) is 6.92 Å². The average molecular weight is 196 g/mol. The van der Waals surface area contributed by atoms with Crippen molar-refractivity contribution >= 4 is 11.3 Å². The summed E-state index contributed by atoms with van der Waals surface area (Å²) < 4.78 is 0. The molecule has 1 aliphatic rings. The highest BCUT2D eigenvalue weighted by atomic mass is 32.1. The molecule has 1 nitrogen and oxygen atoms in total. The first kappa shape index (κ1) is 9.22. The maximum absolute atomic E-state index is 10.4. The van der Waals surface area contributed by atoms with E-state index >= 15 is 0 Å². The first-order chi connectivity index (χ1) is 6.22. The van der Waals surface area contributed by atoms with Crippen LogP contribution in [0.3, 0.4) is 0 Å². The molecule has 1 saturated carbocycles. The zero-order valence-corrected chi connectivity index (χ0v) is 8.86. The van der Waals surface area contributed by atoms with Crippen LogP contribution in [0.1, 0.15) is 42.5 Å². The number of aliphatic hydroxyl groups is 1. The molecule has 72 valence electrons. The molecular formula is C11H16OS. The maximum Gasteiger partial charge on any atom is 0.0990 e. The minimum absolute atomic E-state index is 0.490. The van der Waals surface area contributed by atoms with Crippen LogP contribution in [-0.2, 0) is 5.60 Å². The fourth-order valence-electron chi connectivity index (χ4n) is 2.21. The van der Waals surface area contributed by atoms with Crippen molar-refractivity contribution in [3.63, 3.8) is 0 Å². The average Bonchev–Trinajstić information content (AvgIpc) is 2.53. The van der Waals surface area contributed by atoms with Crippen LogP contribution in [0.4, 0.5) is 0 Å². The minimum Gasteiger partial charge on any atom is -0.384 e. The fraction of sp³-hybridized carbons (Fsp3) is 0.636. The molecule has 0 saturated heterocycles. The van der Waals surface area contributed by atoms with E-state index in [9.17, 15) is 5.11 Å². The van der Waals surface area contributed by atoms with Gasteiger partial charge >= 0.3 is 0 Å². The molecule has 0 atom stereocenters. The van der Waals surface area contributed by atoms with E-state index in [-0.39, 0.29) is 0 Å². The second kappa shape index (κ2) is 3.43. The molecule has 0 bridgehead atoms. The molecule has 0 radical (unpaired) electrons. The van der Waals surface area contributed by atoms with Gasteiger partial charge in [-0.2, -0.15) is 0 Å². The van der Waals surface area contributed by atoms with Crippen LogP contribution < -0.4 is 0 Å². The summed E-state index contributed by atoms with van der Waals surface area (Å²) in [6, 6.07) is 2.10. The van der Waals surface area contributed by atoms with E-state index in [1.54, 1.807) is 11.3 Å². The summed E-state index contributed by atoms with van der Waals surface area (Å²) in [4.78, 5) is 1.20. The van der Waals surface area contributed by atoms with Crippen LogP contribution >= 0.6 is 11.3 Å². The highest BCUT2D eigenvalue weighted by Crippen LogP contribution is 2.40. The number of rotatable bonds is 1. The number of aryl methyl sites for hydroxylation is 1. The molecule has 1 aromatic rings. The van der Waals surface area contributed by atoms with Gasteiger partial charge in [-0.25, -0.2) is 0 Å². The predicted molar refractivity (Wildman–Crippen MR) is 56.0 cm³/mol. The van der Waals surface area contributed by atoms with E-state index in [2.05, 4.69) is 18.4 Å². The molecule has 1 N–H and O–H groups in total. The topological polar surface area (TPSA) is 20.2 Å². The predicted octanol–water partition coefficient (Wildman–Crippen LogP) is 3.21. The van der Waals surface area contributed by atoms with Gasteiger partial charge < -0.3 is 5.11 Å². The molecule has 13 heavy (non-hydrogen) atoms. The molecular weight excluding hydrogens is 180 g/mol. The van der Waals surface area contributed by atoms with Crippen molar-refractivity contribution in [3.8, 4) is 0 Å². The summed E-state index contributed by atoms with van der Waals surface area (Å²) >= 11 is 1.70. The van der Waals surface area contributed by atoms with Gasteiger partial charge in [0.2, 0.25) is 0 Å². The van der Waals surface area contributed by atoms with Crippen molar-refractivity contribution in [1.82, 2.24) is 0 Å². The van der Waals surface area contributed by atoms with E-state index in [4.69, 9.17) is 0 Å². The Morgan fingerprint density at radius 2 is 2.00 bits per heavy atom. The standard InChI is InChI=1S/C11H16OS/c1-9-5-8-13-10(9)11(12)6-3-2-4-7-11/h5,8,12H,2-4,6-7H2,1H3. The molecule has 2 rings (SSSR count). The van der Waals surface area contributed by atoms with Gasteiger partial charge in [-0.15, -0.1) is 11.3 Å².